The van der Waals surface area contributed by atoms with E-state index in [1.54, 1.807) is 0 Å². The van der Waals surface area contributed by atoms with Gasteiger partial charge in [0, 0.05) is 37.2 Å². The van der Waals surface area contributed by atoms with Gasteiger partial charge < -0.3 is 15.5 Å². The number of anilines is 1. The summed E-state index contributed by atoms with van der Waals surface area (Å²) in [4.78, 5) is 26.5. The van der Waals surface area contributed by atoms with Gasteiger partial charge >= 0.3 is 0 Å². The van der Waals surface area contributed by atoms with Gasteiger partial charge in [-0.1, -0.05) is 11.6 Å². The van der Waals surface area contributed by atoms with Crippen LogP contribution in [-0.2, 0) is 9.59 Å². The van der Waals surface area contributed by atoms with E-state index in [0.717, 1.165) is 19.4 Å². The molecule has 5 nitrogen and oxygen atoms in total. The Balaban J connectivity index is 1.46. The topological polar surface area (TPSA) is 61.4 Å². The lowest BCUT2D eigenvalue weighted by Gasteiger charge is -2.32. The summed E-state index contributed by atoms with van der Waals surface area (Å²) in [5.74, 6) is -0.587. The third-order valence-corrected chi connectivity index (χ3v) is 5.28. The van der Waals surface area contributed by atoms with Crippen molar-refractivity contribution in [2.75, 3.05) is 25.0 Å². The minimum atomic E-state index is -0.511. The molecule has 2 N–H and O–H groups in total. The van der Waals surface area contributed by atoms with Gasteiger partial charge in [0.15, 0.2) is 0 Å². The van der Waals surface area contributed by atoms with Crippen LogP contribution in [0.1, 0.15) is 32.1 Å². The number of piperidine rings is 1. The molecule has 2 amide bonds. The number of likely N-dealkylation sites (tertiary alicyclic amines) is 1. The molecule has 0 saturated carbocycles. The van der Waals surface area contributed by atoms with Crippen LogP contribution in [0.3, 0.4) is 0 Å². The van der Waals surface area contributed by atoms with Crippen molar-refractivity contribution in [3.8, 4) is 0 Å². The average Bonchev–Trinajstić information content (AvgIpc) is 3.11. The van der Waals surface area contributed by atoms with Crippen molar-refractivity contribution in [2.24, 2.45) is 5.92 Å². The molecular formula is C18H23ClFN3O2. The number of rotatable bonds is 4. The van der Waals surface area contributed by atoms with Crippen LogP contribution in [0.4, 0.5) is 10.1 Å². The first kappa shape index (κ1) is 18.1. The second-order valence-electron chi connectivity index (χ2n) is 6.77. The highest BCUT2D eigenvalue weighted by Crippen LogP contribution is 2.23. The van der Waals surface area contributed by atoms with Gasteiger partial charge in [-0.3, -0.25) is 9.59 Å². The van der Waals surface area contributed by atoms with Gasteiger partial charge in [0.05, 0.1) is 5.02 Å². The van der Waals surface area contributed by atoms with E-state index < -0.39 is 5.82 Å². The van der Waals surface area contributed by atoms with Crippen LogP contribution in [0.15, 0.2) is 18.2 Å². The smallest absolute Gasteiger partial charge is 0.227 e. The van der Waals surface area contributed by atoms with E-state index in [1.165, 1.54) is 18.2 Å². The SMILES string of the molecule is O=C(Nc1ccc(F)c(Cl)c1)C1CCN(C(=O)CC2CCCN2)CC1. The van der Waals surface area contributed by atoms with Crippen LogP contribution >= 0.6 is 11.6 Å². The van der Waals surface area contributed by atoms with E-state index in [1.807, 2.05) is 4.90 Å². The van der Waals surface area contributed by atoms with Crippen LogP contribution < -0.4 is 10.6 Å². The van der Waals surface area contributed by atoms with Crippen LogP contribution in [-0.4, -0.2) is 42.4 Å². The summed E-state index contributed by atoms with van der Waals surface area (Å²) < 4.78 is 13.2. The lowest BCUT2D eigenvalue weighted by molar-refractivity contribution is -0.134. The van der Waals surface area contributed by atoms with E-state index in [0.29, 0.717) is 44.1 Å². The van der Waals surface area contributed by atoms with E-state index in [4.69, 9.17) is 11.6 Å². The van der Waals surface area contributed by atoms with Gasteiger partial charge in [-0.05, 0) is 50.4 Å². The molecule has 2 saturated heterocycles. The molecule has 0 radical (unpaired) electrons. The molecule has 1 unspecified atom stereocenters. The molecule has 2 fully saturated rings. The predicted octanol–water partition coefficient (Wildman–Crippen LogP) is 2.80. The number of amides is 2. The monoisotopic (exact) mass is 367 g/mol. The van der Waals surface area contributed by atoms with Crippen LogP contribution in [0, 0.1) is 11.7 Å². The average molecular weight is 368 g/mol. The summed E-state index contributed by atoms with van der Waals surface area (Å²) in [6, 6.07) is 4.43. The second-order valence-corrected chi connectivity index (χ2v) is 7.18. The maximum absolute atomic E-state index is 13.2. The lowest BCUT2D eigenvalue weighted by atomic mass is 9.95. The Morgan fingerprint density at radius 3 is 2.68 bits per heavy atom. The molecule has 0 aromatic heterocycles. The zero-order valence-corrected chi connectivity index (χ0v) is 14.8. The third-order valence-electron chi connectivity index (χ3n) is 4.99. The molecule has 0 spiro atoms. The first-order chi connectivity index (χ1) is 12.0. The third kappa shape index (κ3) is 4.70. The highest BCUT2D eigenvalue weighted by Gasteiger charge is 2.29. The minimum Gasteiger partial charge on any atom is -0.343 e. The van der Waals surface area contributed by atoms with Gasteiger partial charge in [-0.25, -0.2) is 4.39 Å². The summed E-state index contributed by atoms with van der Waals surface area (Å²) in [5.41, 5.74) is 0.488. The molecule has 25 heavy (non-hydrogen) atoms. The Labute approximate surface area is 151 Å². The summed E-state index contributed by atoms with van der Waals surface area (Å²) >= 11 is 5.73. The summed E-state index contributed by atoms with van der Waals surface area (Å²) in [5, 5.41) is 6.10. The van der Waals surface area contributed by atoms with Crippen LogP contribution in [0.5, 0.6) is 0 Å². The molecule has 2 aliphatic rings. The van der Waals surface area contributed by atoms with E-state index >= 15 is 0 Å². The molecule has 2 heterocycles. The Morgan fingerprint density at radius 2 is 2.04 bits per heavy atom. The lowest BCUT2D eigenvalue weighted by Crippen LogP contribution is -2.43. The van der Waals surface area contributed by atoms with Crippen molar-refractivity contribution in [1.82, 2.24) is 10.2 Å². The van der Waals surface area contributed by atoms with Crippen molar-refractivity contribution in [3.05, 3.63) is 29.0 Å². The number of carbonyl (C=O) groups excluding carboxylic acids is 2. The molecule has 0 bridgehead atoms. The predicted molar refractivity (Wildman–Crippen MR) is 95.0 cm³/mol. The molecule has 2 aliphatic heterocycles. The molecule has 0 aliphatic carbocycles. The van der Waals surface area contributed by atoms with Crippen molar-refractivity contribution in [2.45, 2.75) is 38.1 Å². The Kier molecular flexibility index (Phi) is 5.91. The summed E-state index contributed by atoms with van der Waals surface area (Å²) in [7, 11) is 0. The molecule has 1 aromatic carbocycles. The molecule has 136 valence electrons. The quantitative estimate of drug-likeness (QED) is 0.860. The largest absolute Gasteiger partial charge is 0.343 e. The molecular weight excluding hydrogens is 345 g/mol. The van der Waals surface area contributed by atoms with Gasteiger partial charge in [-0.15, -0.1) is 0 Å². The second kappa shape index (κ2) is 8.15. The van der Waals surface area contributed by atoms with Gasteiger partial charge in [0.25, 0.3) is 0 Å². The van der Waals surface area contributed by atoms with E-state index in [2.05, 4.69) is 10.6 Å². The maximum Gasteiger partial charge on any atom is 0.227 e. The number of nitrogens with one attached hydrogen (secondary N) is 2. The van der Waals surface area contributed by atoms with Crippen LogP contribution in [0.25, 0.3) is 0 Å². The Morgan fingerprint density at radius 1 is 1.28 bits per heavy atom. The fraction of sp³-hybridized carbons (Fsp3) is 0.556. The highest BCUT2D eigenvalue weighted by atomic mass is 35.5. The van der Waals surface area contributed by atoms with E-state index in [9.17, 15) is 14.0 Å². The number of halogens is 2. The number of hydrogen-bond donors (Lipinski definition) is 2. The van der Waals surface area contributed by atoms with Crippen molar-refractivity contribution in [3.63, 3.8) is 0 Å². The Bertz CT molecular complexity index is 641. The van der Waals surface area contributed by atoms with Gasteiger partial charge in [0.2, 0.25) is 11.8 Å². The normalized spacial score (nSPS) is 21.4. The molecule has 1 atom stereocenters. The molecule has 7 heteroatoms. The summed E-state index contributed by atoms with van der Waals surface area (Å²) in [6.45, 7) is 2.20. The van der Waals surface area contributed by atoms with Crippen molar-refractivity contribution >= 4 is 29.1 Å². The fourth-order valence-corrected chi connectivity index (χ4v) is 3.66. The maximum atomic E-state index is 13.2. The number of hydrogen-bond acceptors (Lipinski definition) is 3. The van der Waals surface area contributed by atoms with Gasteiger partial charge in [0.1, 0.15) is 5.82 Å². The minimum absolute atomic E-state index is 0.0151. The molecule has 1 aromatic rings. The molecule has 3 rings (SSSR count). The zero-order chi connectivity index (χ0) is 17.8. The van der Waals surface area contributed by atoms with Gasteiger partial charge in [-0.2, -0.15) is 0 Å². The first-order valence-electron chi connectivity index (χ1n) is 8.80. The highest BCUT2D eigenvalue weighted by molar-refractivity contribution is 6.31. The Hall–Kier alpha value is -1.66. The number of benzene rings is 1. The van der Waals surface area contributed by atoms with Crippen molar-refractivity contribution in [1.29, 1.82) is 0 Å². The van der Waals surface area contributed by atoms with Crippen molar-refractivity contribution < 1.29 is 14.0 Å². The number of nitrogens with zero attached hydrogens (tertiary/aromatic N) is 1. The van der Waals surface area contributed by atoms with Crippen LogP contribution in [0.2, 0.25) is 5.02 Å². The van der Waals surface area contributed by atoms with E-state index in [-0.39, 0.29) is 22.8 Å². The zero-order valence-electron chi connectivity index (χ0n) is 14.1. The number of carbonyl (C=O) groups is 2. The standard InChI is InChI=1S/C18H23ClFN3O2/c19-15-10-14(3-4-16(15)20)22-18(25)12-5-8-23(9-6-12)17(24)11-13-2-1-7-21-13/h3-4,10,12-13,21H,1-2,5-9,11H2,(H,22,25). The summed E-state index contributed by atoms with van der Waals surface area (Å²) in [6.07, 6.45) is 4.03. The first-order valence-corrected chi connectivity index (χ1v) is 9.18. The fourth-order valence-electron chi connectivity index (χ4n) is 3.48.